The van der Waals surface area contributed by atoms with Crippen molar-refractivity contribution in [3.8, 4) is 0 Å². The highest BCUT2D eigenvalue weighted by atomic mass is 35.5. The number of furan rings is 1. The van der Waals surface area contributed by atoms with Gasteiger partial charge in [-0.05, 0) is 36.6 Å². The van der Waals surface area contributed by atoms with Crippen LogP contribution in [0.5, 0.6) is 0 Å². The van der Waals surface area contributed by atoms with Gasteiger partial charge in [-0.2, -0.15) is 0 Å². The number of carbonyl (C=O) groups is 1. The summed E-state index contributed by atoms with van der Waals surface area (Å²) in [5.74, 6) is 1.88. The molecule has 3 aliphatic heterocycles. The Bertz CT molecular complexity index is 865. The Balaban J connectivity index is 1.25. The van der Waals surface area contributed by atoms with E-state index in [1.165, 1.54) is 0 Å². The van der Waals surface area contributed by atoms with Crippen LogP contribution in [0.2, 0.25) is 5.22 Å². The summed E-state index contributed by atoms with van der Waals surface area (Å²) in [6.45, 7) is 3.36. The van der Waals surface area contributed by atoms with Gasteiger partial charge in [0.25, 0.3) is 5.91 Å². The summed E-state index contributed by atoms with van der Waals surface area (Å²) < 4.78 is 13.7. The number of nitrogens with one attached hydrogen (secondary N) is 1. The standard InChI is InChI=1S/C19H23ClN4O3/c1-23-7-6-21-17(23)10-24-9-13-12(14-4-5-19(13,11-24)27-14)8-22-18(25)15-2-3-16(20)26-15/h2-3,6-7,12-14H,4-5,8-11H2,1H3,(H,22,25)/t12-,13+,14+,19+/m0/s1. The van der Waals surface area contributed by atoms with Gasteiger partial charge in [-0.1, -0.05) is 0 Å². The molecule has 5 rings (SSSR count). The Hall–Kier alpha value is -1.83. The van der Waals surface area contributed by atoms with Gasteiger partial charge in [0.15, 0.2) is 11.0 Å². The third kappa shape index (κ3) is 2.88. The number of aromatic nitrogens is 2. The molecule has 2 aromatic heterocycles. The first-order valence-corrected chi connectivity index (χ1v) is 9.82. The van der Waals surface area contributed by atoms with Crippen LogP contribution in [0.15, 0.2) is 28.9 Å². The fourth-order valence-electron chi connectivity index (χ4n) is 5.16. The normalized spacial score (nSPS) is 32.1. The molecule has 3 saturated heterocycles. The van der Waals surface area contributed by atoms with Gasteiger partial charge < -0.3 is 19.0 Å². The number of hydrogen-bond donors (Lipinski definition) is 1. The Morgan fingerprint density at radius 3 is 3.11 bits per heavy atom. The smallest absolute Gasteiger partial charge is 0.287 e. The van der Waals surface area contributed by atoms with Gasteiger partial charge in [-0.15, -0.1) is 0 Å². The lowest BCUT2D eigenvalue weighted by molar-refractivity contribution is 0.00187. The minimum Gasteiger partial charge on any atom is -0.440 e. The molecule has 3 aliphatic rings. The van der Waals surface area contributed by atoms with Crippen molar-refractivity contribution in [2.24, 2.45) is 18.9 Å². The molecule has 3 fully saturated rings. The van der Waals surface area contributed by atoms with Gasteiger partial charge in [-0.25, -0.2) is 4.98 Å². The fraction of sp³-hybridized carbons (Fsp3) is 0.579. The summed E-state index contributed by atoms with van der Waals surface area (Å²) >= 11 is 5.76. The highest BCUT2D eigenvalue weighted by Crippen LogP contribution is 2.54. The second-order valence-electron chi connectivity index (χ2n) is 7.97. The molecule has 5 heterocycles. The van der Waals surface area contributed by atoms with E-state index in [1.807, 2.05) is 19.4 Å². The molecule has 7 nitrogen and oxygen atoms in total. The van der Waals surface area contributed by atoms with E-state index in [-0.39, 0.29) is 28.6 Å². The summed E-state index contributed by atoms with van der Waals surface area (Å²) in [5, 5.41) is 3.24. The number of nitrogens with zero attached hydrogens (tertiary/aromatic N) is 3. The van der Waals surface area contributed by atoms with Crippen molar-refractivity contribution < 1.29 is 13.9 Å². The molecule has 1 spiro atoms. The van der Waals surface area contributed by atoms with Crippen molar-refractivity contribution in [2.75, 3.05) is 19.6 Å². The van der Waals surface area contributed by atoms with E-state index in [4.69, 9.17) is 20.8 Å². The van der Waals surface area contributed by atoms with E-state index in [0.29, 0.717) is 18.4 Å². The van der Waals surface area contributed by atoms with Crippen LogP contribution in [-0.4, -0.2) is 51.7 Å². The Morgan fingerprint density at radius 1 is 1.48 bits per heavy atom. The van der Waals surface area contributed by atoms with Crippen molar-refractivity contribution in [3.05, 3.63) is 41.3 Å². The molecule has 2 aromatic rings. The molecule has 0 radical (unpaired) electrons. The van der Waals surface area contributed by atoms with Gasteiger partial charge in [0, 0.05) is 50.9 Å². The van der Waals surface area contributed by atoms with E-state index in [0.717, 1.165) is 38.3 Å². The zero-order chi connectivity index (χ0) is 18.6. The van der Waals surface area contributed by atoms with Crippen molar-refractivity contribution in [3.63, 3.8) is 0 Å². The summed E-state index contributed by atoms with van der Waals surface area (Å²) in [6, 6.07) is 3.18. The number of likely N-dealkylation sites (tertiary alicyclic amines) is 1. The van der Waals surface area contributed by atoms with Crippen LogP contribution in [0.4, 0.5) is 0 Å². The predicted molar refractivity (Wildman–Crippen MR) is 98.4 cm³/mol. The third-order valence-corrected chi connectivity index (χ3v) is 6.64. The minimum absolute atomic E-state index is 0.0563. The Kier molecular flexibility index (Phi) is 4.07. The predicted octanol–water partition coefficient (Wildman–Crippen LogP) is 2.08. The monoisotopic (exact) mass is 390 g/mol. The van der Waals surface area contributed by atoms with Gasteiger partial charge in [0.1, 0.15) is 5.82 Å². The van der Waals surface area contributed by atoms with Crippen molar-refractivity contribution in [2.45, 2.75) is 31.1 Å². The zero-order valence-corrected chi connectivity index (χ0v) is 16.0. The van der Waals surface area contributed by atoms with E-state index in [1.54, 1.807) is 12.1 Å². The van der Waals surface area contributed by atoms with Crippen LogP contribution in [0.25, 0.3) is 0 Å². The molecule has 1 N–H and O–H groups in total. The number of amides is 1. The van der Waals surface area contributed by atoms with E-state index >= 15 is 0 Å². The molecule has 0 aliphatic carbocycles. The van der Waals surface area contributed by atoms with Crippen LogP contribution >= 0.6 is 11.6 Å². The zero-order valence-electron chi connectivity index (χ0n) is 15.2. The number of fused-ring (bicyclic) bond motifs is 1. The number of rotatable bonds is 5. The number of hydrogen-bond acceptors (Lipinski definition) is 5. The Morgan fingerprint density at radius 2 is 2.37 bits per heavy atom. The molecule has 27 heavy (non-hydrogen) atoms. The van der Waals surface area contributed by atoms with Gasteiger partial charge in [-0.3, -0.25) is 9.69 Å². The van der Waals surface area contributed by atoms with E-state index < -0.39 is 0 Å². The van der Waals surface area contributed by atoms with Gasteiger partial charge in [0.2, 0.25) is 0 Å². The van der Waals surface area contributed by atoms with Crippen LogP contribution in [0, 0.1) is 11.8 Å². The second-order valence-corrected chi connectivity index (χ2v) is 8.34. The molecule has 0 aromatic carbocycles. The molecule has 4 atom stereocenters. The summed E-state index contributed by atoms with van der Waals surface area (Å²) in [6.07, 6.45) is 6.24. The average molecular weight is 391 g/mol. The quantitative estimate of drug-likeness (QED) is 0.846. The number of ether oxygens (including phenoxy) is 1. The third-order valence-electron chi connectivity index (χ3n) is 6.44. The number of imidazole rings is 1. The second kappa shape index (κ2) is 6.36. The first-order chi connectivity index (χ1) is 13.0. The van der Waals surface area contributed by atoms with Crippen molar-refractivity contribution in [1.82, 2.24) is 19.8 Å². The lowest BCUT2D eigenvalue weighted by Crippen LogP contribution is -2.41. The first-order valence-electron chi connectivity index (χ1n) is 9.44. The number of aryl methyl sites for hydroxylation is 1. The molecule has 0 unspecified atom stereocenters. The molecule has 1 amide bonds. The van der Waals surface area contributed by atoms with Crippen LogP contribution in [0.1, 0.15) is 29.2 Å². The van der Waals surface area contributed by atoms with Crippen LogP contribution in [0.3, 0.4) is 0 Å². The van der Waals surface area contributed by atoms with Crippen molar-refractivity contribution >= 4 is 17.5 Å². The summed E-state index contributed by atoms with van der Waals surface area (Å²) in [4.78, 5) is 19.2. The van der Waals surface area contributed by atoms with Gasteiger partial charge in [0.05, 0.1) is 18.2 Å². The Labute approximate surface area is 162 Å². The van der Waals surface area contributed by atoms with Crippen LogP contribution in [-0.2, 0) is 18.3 Å². The number of carbonyl (C=O) groups excluding carboxylic acids is 1. The molecular formula is C19H23ClN4O3. The maximum Gasteiger partial charge on any atom is 0.287 e. The average Bonchev–Trinajstić information content (AvgIpc) is 3.42. The fourth-order valence-corrected chi connectivity index (χ4v) is 5.31. The molecular weight excluding hydrogens is 368 g/mol. The largest absolute Gasteiger partial charge is 0.440 e. The number of halogens is 1. The first kappa shape index (κ1) is 17.3. The lowest BCUT2D eigenvalue weighted by Gasteiger charge is -2.29. The summed E-state index contributed by atoms with van der Waals surface area (Å²) in [5.41, 5.74) is -0.0563. The SMILES string of the molecule is Cn1ccnc1CN1C[C@@H]2[C@H](CNC(=O)c3ccc(Cl)o3)[C@H]3CC[C@]2(C1)O3. The molecule has 144 valence electrons. The van der Waals surface area contributed by atoms with Gasteiger partial charge >= 0.3 is 0 Å². The minimum atomic E-state index is -0.221. The highest BCUT2D eigenvalue weighted by Gasteiger charge is 2.62. The summed E-state index contributed by atoms with van der Waals surface area (Å²) in [7, 11) is 2.03. The highest BCUT2D eigenvalue weighted by molar-refractivity contribution is 6.29. The lowest BCUT2D eigenvalue weighted by atomic mass is 9.73. The maximum atomic E-state index is 12.3. The van der Waals surface area contributed by atoms with E-state index in [9.17, 15) is 4.79 Å². The maximum absolute atomic E-state index is 12.3. The van der Waals surface area contributed by atoms with Crippen LogP contribution < -0.4 is 5.32 Å². The molecule has 0 saturated carbocycles. The molecule has 2 bridgehead atoms. The topological polar surface area (TPSA) is 72.5 Å². The van der Waals surface area contributed by atoms with E-state index in [2.05, 4.69) is 19.8 Å². The van der Waals surface area contributed by atoms with Crippen molar-refractivity contribution in [1.29, 1.82) is 0 Å². The molecule has 8 heteroatoms.